The fourth-order valence-electron chi connectivity index (χ4n) is 2.61. The Balaban J connectivity index is 1.77. The van der Waals surface area contributed by atoms with Gasteiger partial charge in [0.1, 0.15) is 22.9 Å². The zero-order valence-corrected chi connectivity index (χ0v) is 16.8. The highest BCUT2D eigenvalue weighted by atomic mass is 35.5. The SMILES string of the molecule is CC(=O)c1ccc(-c2nn(-c3ccc(F)cc3)cc2Sc2ccc(Cl)cc2)nn1. The monoisotopic (exact) mass is 424 g/mol. The van der Waals surface area contributed by atoms with Crippen LogP contribution in [0.3, 0.4) is 0 Å². The minimum atomic E-state index is -0.317. The molecule has 0 bridgehead atoms. The zero-order chi connectivity index (χ0) is 20.4. The molecule has 0 amide bonds. The smallest absolute Gasteiger partial charge is 0.180 e. The number of rotatable bonds is 5. The predicted octanol–water partition coefficient (Wildman–Crippen LogP) is 5.48. The van der Waals surface area contributed by atoms with E-state index in [-0.39, 0.29) is 11.6 Å². The summed E-state index contributed by atoms with van der Waals surface area (Å²) in [7, 11) is 0. The summed E-state index contributed by atoms with van der Waals surface area (Å²) >= 11 is 7.47. The van der Waals surface area contributed by atoms with Crippen LogP contribution in [0.2, 0.25) is 5.02 Å². The Kier molecular flexibility index (Phi) is 5.42. The van der Waals surface area contributed by atoms with E-state index in [0.29, 0.717) is 27.8 Å². The highest BCUT2D eigenvalue weighted by Gasteiger charge is 2.16. The lowest BCUT2D eigenvalue weighted by Crippen LogP contribution is -2.00. The second-order valence-corrected chi connectivity index (χ2v) is 7.73. The molecule has 2 aromatic heterocycles. The maximum absolute atomic E-state index is 13.3. The second kappa shape index (κ2) is 8.14. The van der Waals surface area contributed by atoms with Gasteiger partial charge in [-0.2, -0.15) is 5.10 Å². The van der Waals surface area contributed by atoms with Crippen molar-refractivity contribution in [2.75, 3.05) is 0 Å². The molecule has 0 saturated carbocycles. The van der Waals surface area contributed by atoms with Crippen LogP contribution in [0.25, 0.3) is 17.1 Å². The molecule has 8 heteroatoms. The van der Waals surface area contributed by atoms with Crippen molar-refractivity contribution in [3.8, 4) is 17.1 Å². The first kappa shape index (κ1) is 19.3. The number of benzene rings is 2. The standard InChI is InChI=1S/C21H14ClFN4OS/c1-13(28)18-10-11-19(25-24-18)21-20(29-17-8-2-14(22)3-9-17)12-27(26-21)16-6-4-15(23)5-7-16/h2-12H,1H3. The van der Waals surface area contributed by atoms with Crippen LogP contribution < -0.4 is 0 Å². The van der Waals surface area contributed by atoms with Gasteiger partial charge in [0.15, 0.2) is 5.78 Å². The van der Waals surface area contributed by atoms with Crippen LogP contribution in [0, 0.1) is 5.82 Å². The van der Waals surface area contributed by atoms with E-state index in [4.69, 9.17) is 11.6 Å². The Morgan fingerprint density at radius 1 is 1.00 bits per heavy atom. The Bertz CT molecular complexity index is 1160. The number of hydrogen-bond donors (Lipinski definition) is 0. The van der Waals surface area contributed by atoms with Crippen LogP contribution in [0.1, 0.15) is 17.4 Å². The van der Waals surface area contributed by atoms with Gasteiger partial charge in [0.05, 0.1) is 10.6 Å². The third-order valence-corrected chi connectivity index (χ3v) is 5.36. The summed E-state index contributed by atoms with van der Waals surface area (Å²) in [5.41, 5.74) is 2.15. The van der Waals surface area contributed by atoms with Crippen LogP contribution in [-0.2, 0) is 0 Å². The lowest BCUT2D eigenvalue weighted by Gasteiger charge is -2.02. The molecular weight excluding hydrogens is 411 g/mol. The van der Waals surface area contributed by atoms with Gasteiger partial charge in [-0.3, -0.25) is 4.79 Å². The van der Waals surface area contributed by atoms with Gasteiger partial charge in [-0.05, 0) is 60.7 Å². The number of aromatic nitrogens is 4. The zero-order valence-electron chi connectivity index (χ0n) is 15.2. The molecule has 29 heavy (non-hydrogen) atoms. The van der Waals surface area contributed by atoms with Gasteiger partial charge in [-0.25, -0.2) is 9.07 Å². The van der Waals surface area contributed by atoms with Gasteiger partial charge in [0, 0.05) is 23.0 Å². The predicted molar refractivity (Wildman–Crippen MR) is 110 cm³/mol. The number of Topliss-reactive ketones (excluding diaryl/α,β-unsaturated/α-hetero) is 1. The van der Waals surface area contributed by atoms with Gasteiger partial charge in [0.2, 0.25) is 0 Å². The minimum Gasteiger partial charge on any atom is -0.293 e. The molecule has 0 aliphatic heterocycles. The van der Waals surface area contributed by atoms with Crippen LogP contribution in [0.15, 0.2) is 76.7 Å². The first-order valence-corrected chi connectivity index (χ1v) is 9.83. The summed E-state index contributed by atoms with van der Waals surface area (Å²) < 4.78 is 14.9. The van der Waals surface area contributed by atoms with Gasteiger partial charge < -0.3 is 0 Å². The molecule has 0 fully saturated rings. The van der Waals surface area contributed by atoms with Crippen molar-refractivity contribution in [2.45, 2.75) is 16.7 Å². The van der Waals surface area contributed by atoms with Crippen molar-refractivity contribution in [1.29, 1.82) is 0 Å². The lowest BCUT2D eigenvalue weighted by atomic mass is 10.2. The first-order valence-electron chi connectivity index (χ1n) is 8.64. The number of halogens is 2. The number of hydrogen-bond acceptors (Lipinski definition) is 5. The maximum Gasteiger partial charge on any atom is 0.180 e. The van der Waals surface area contributed by atoms with E-state index in [9.17, 15) is 9.18 Å². The Hall–Kier alpha value is -3.03. The molecule has 0 radical (unpaired) electrons. The summed E-state index contributed by atoms with van der Waals surface area (Å²) in [5.74, 6) is -0.473. The van der Waals surface area contributed by atoms with Crippen molar-refractivity contribution in [2.24, 2.45) is 0 Å². The number of carbonyl (C=O) groups is 1. The molecule has 4 aromatic rings. The molecule has 144 valence electrons. The normalized spacial score (nSPS) is 10.9. The molecule has 4 rings (SSSR count). The van der Waals surface area contributed by atoms with Gasteiger partial charge in [-0.1, -0.05) is 23.4 Å². The molecule has 5 nitrogen and oxygen atoms in total. The first-order chi connectivity index (χ1) is 14.0. The van der Waals surface area contributed by atoms with E-state index >= 15 is 0 Å². The Morgan fingerprint density at radius 2 is 1.72 bits per heavy atom. The van der Waals surface area contributed by atoms with E-state index in [1.165, 1.54) is 30.8 Å². The van der Waals surface area contributed by atoms with Crippen molar-refractivity contribution >= 4 is 29.1 Å². The van der Waals surface area contributed by atoms with Crippen LogP contribution in [-0.4, -0.2) is 25.8 Å². The lowest BCUT2D eigenvalue weighted by molar-refractivity contribution is 0.101. The van der Waals surface area contributed by atoms with Crippen molar-refractivity contribution in [3.05, 3.63) is 83.4 Å². The highest BCUT2D eigenvalue weighted by Crippen LogP contribution is 2.35. The molecule has 0 saturated heterocycles. The molecule has 2 aromatic carbocycles. The molecule has 0 aliphatic rings. The van der Waals surface area contributed by atoms with E-state index in [1.54, 1.807) is 28.9 Å². The van der Waals surface area contributed by atoms with Crippen molar-refractivity contribution in [1.82, 2.24) is 20.0 Å². The average molecular weight is 425 g/mol. The van der Waals surface area contributed by atoms with E-state index in [2.05, 4.69) is 15.3 Å². The van der Waals surface area contributed by atoms with Crippen molar-refractivity contribution in [3.63, 3.8) is 0 Å². The van der Waals surface area contributed by atoms with Gasteiger partial charge in [0.25, 0.3) is 0 Å². The molecular formula is C21H14ClFN4OS. The molecule has 0 unspecified atom stereocenters. The average Bonchev–Trinajstić information content (AvgIpc) is 3.14. The fraction of sp³-hybridized carbons (Fsp3) is 0.0476. The summed E-state index contributed by atoms with van der Waals surface area (Å²) in [6.07, 6.45) is 1.85. The Labute approximate surface area is 175 Å². The van der Waals surface area contributed by atoms with E-state index in [1.807, 2.05) is 30.5 Å². The summed E-state index contributed by atoms with van der Waals surface area (Å²) in [5, 5.41) is 13.4. The van der Waals surface area contributed by atoms with Crippen molar-refractivity contribution < 1.29 is 9.18 Å². The summed E-state index contributed by atoms with van der Waals surface area (Å²) in [6, 6.07) is 16.8. The topological polar surface area (TPSA) is 60.7 Å². The summed E-state index contributed by atoms with van der Waals surface area (Å²) in [6.45, 7) is 1.44. The molecule has 0 spiro atoms. The number of ketones is 1. The van der Waals surface area contributed by atoms with Gasteiger partial charge >= 0.3 is 0 Å². The minimum absolute atomic E-state index is 0.156. The molecule has 2 heterocycles. The quantitative estimate of drug-likeness (QED) is 0.397. The van der Waals surface area contributed by atoms with Crippen LogP contribution >= 0.6 is 23.4 Å². The fourth-order valence-corrected chi connectivity index (χ4v) is 3.66. The van der Waals surface area contributed by atoms with Crippen LogP contribution in [0.5, 0.6) is 0 Å². The third-order valence-electron chi connectivity index (χ3n) is 4.08. The third kappa shape index (κ3) is 4.36. The van der Waals surface area contributed by atoms with E-state index < -0.39 is 0 Å². The largest absolute Gasteiger partial charge is 0.293 e. The van der Waals surface area contributed by atoms with E-state index in [0.717, 1.165) is 9.79 Å². The number of carbonyl (C=O) groups excluding carboxylic acids is 1. The maximum atomic E-state index is 13.3. The highest BCUT2D eigenvalue weighted by molar-refractivity contribution is 7.99. The molecule has 0 N–H and O–H groups in total. The molecule has 0 aliphatic carbocycles. The van der Waals surface area contributed by atoms with Gasteiger partial charge in [-0.15, -0.1) is 10.2 Å². The summed E-state index contributed by atoms with van der Waals surface area (Å²) in [4.78, 5) is 13.3. The van der Waals surface area contributed by atoms with Crippen LogP contribution in [0.4, 0.5) is 4.39 Å². The molecule has 0 atom stereocenters. The Morgan fingerprint density at radius 3 is 2.34 bits per heavy atom. The number of nitrogens with zero attached hydrogens (tertiary/aromatic N) is 4. The second-order valence-electron chi connectivity index (χ2n) is 6.18.